The van der Waals surface area contributed by atoms with Crippen molar-refractivity contribution in [3.05, 3.63) is 66.5 Å². The lowest BCUT2D eigenvalue weighted by Gasteiger charge is -2.10. The monoisotopic (exact) mass is 415 g/mol. The van der Waals surface area contributed by atoms with E-state index >= 15 is 0 Å². The first-order chi connectivity index (χ1) is 15.2. The van der Waals surface area contributed by atoms with Crippen LogP contribution in [0.4, 0.5) is 5.69 Å². The summed E-state index contributed by atoms with van der Waals surface area (Å²) in [5, 5.41) is 14.4. The third-order valence-electron chi connectivity index (χ3n) is 5.03. The summed E-state index contributed by atoms with van der Waals surface area (Å²) >= 11 is 0. The second-order valence-electron chi connectivity index (χ2n) is 7.28. The van der Waals surface area contributed by atoms with Crippen molar-refractivity contribution in [2.75, 3.05) is 18.5 Å². The summed E-state index contributed by atoms with van der Waals surface area (Å²) in [6, 6.07) is 15.1. The van der Waals surface area contributed by atoms with Gasteiger partial charge in [0.05, 0.1) is 24.5 Å². The lowest BCUT2D eigenvalue weighted by atomic mass is 10.1. The Balaban J connectivity index is 1.44. The van der Waals surface area contributed by atoms with E-state index < -0.39 is 0 Å². The molecule has 0 spiro atoms. The molecule has 0 bridgehead atoms. The van der Waals surface area contributed by atoms with Crippen molar-refractivity contribution in [2.45, 2.75) is 6.42 Å². The zero-order valence-corrected chi connectivity index (χ0v) is 17.0. The Morgan fingerprint density at radius 3 is 2.77 bits per heavy atom. The molecule has 156 valence electrons. The van der Waals surface area contributed by atoms with E-state index in [0.29, 0.717) is 41.7 Å². The van der Waals surface area contributed by atoms with Gasteiger partial charge in [0, 0.05) is 42.7 Å². The van der Waals surface area contributed by atoms with Gasteiger partial charge in [-0.15, -0.1) is 0 Å². The second-order valence-corrected chi connectivity index (χ2v) is 7.28. The van der Waals surface area contributed by atoms with Gasteiger partial charge in [-0.1, -0.05) is 12.1 Å². The van der Waals surface area contributed by atoms with Crippen molar-refractivity contribution < 1.29 is 14.3 Å². The van der Waals surface area contributed by atoms with Crippen molar-refractivity contribution in [1.29, 1.82) is 0 Å². The summed E-state index contributed by atoms with van der Waals surface area (Å²) in [7, 11) is 1.79. The van der Waals surface area contributed by atoms with Crippen LogP contribution in [0.15, 0.2) is 60.9 Å². The van der Waals surface area contributed by atoms with Crippen molar-refractivity contribution in [2.24, 2.45) is 7.05 Å². The minimum absolute atomic E-state index is 0.239. The Morgan fingerprint density at radius 1 is 1.06 bits per heavy atom. The number of aryl methyl sites for hydroxylation is 1. The maximum absolute atomic E-state index is 13.1. The lowest BCUT2D eigenvalue weighted by Crippen LogP contribution is -2.12. The largest absolute Gasteiger partial charge is 0.490 e. The number of rotatable bonds is 4. The molecule has 0 radical (unpaired) electrons. The molecule has 0 unspecified atom stereocenters. The van der Waals surface area contributed by atoms with E-state index in [9.17, 15) is 4.79 Å². The van der Waals surface area contributed by atoms with Gasteiger partial charge >= 0.3 is 0 Å². The molecule has 8 nitrogen and oxygen atoms in total. The van der Waals surface area contributed by atoms with Crippen LogP contribution in [-0.2, 0) is 7.05 Å². The quantitative estimate of drug-likeness (QED) is 0.527. The number of hydrogen-bond donors (Lipinski definition) is 2. The van der Waals surface area contributed by atoms with Crippen molar-refractivity contribution in [3.8, 4) is 34.0 Å². The highest BCUT2D eigenvalue weighted by molar-refractivity contribution is 6.08. The van der Waals surface area contributed by atoms with Crippen LogP contribution in [0, 0.1) is 0 Å². The van der Waals surface area contributed by atoms with Crippen molar-refractivity contribution in [3.63, 3.8) is 0 Å². The third-order valence-corrected chi connectivity index (χ3v) is 5.03. The third kappa shape index (κ3) is 3.87. The van der Waals surface area contributed by atoms with Gasteiger partial charge in [-0.05, 0) is 36.4 Å². The van der Waals surface area contributed by atoms with Crippen molar-refractivity contribution >= 4 is 11.6 Å². The highest BCUT2D eigenvalue weighted by Crippen LogP contribution is 2.35. The van der Waals surface area contributed by atoms with Crippen LogP contribution in [0.1, 0.15) is 16.8 Å². The molecule has 2 aromatic carbocycles. The highest BCUT2D eigenvalue weighted by Gasteiger charge is 2.20. The predicted molar refractivity (Wildman–Crippen MR) is 116 cm³/mol. The molecule has 8 heteroatoms. The molecule has 3 heterocycles. The van der Waals surface area contributed by atoms with E-state index in [0.717, 1.165) is 23.2 Å². The number of carbonyl (C=O) groups is 1. The number of benzene rings is 2. The maximum Gasteiger partial charge on any atom is 0.259 e. The maximum atomic E-state index is 13.1. The number of H-pyrrole nitrogens is 1. The van der Waals surface area contributed by atoms with Crippen LogP contribution >= 0.6 is 0 Å². The first kappa shape index (κ1) is 18.9. The Kier molecular flexibility index (Phi) is 4.87. The number of amides is 1. The van der Waals surface area contributed by atoms with Gasteiger partial charge in [0.1, 0.15) is 5.69 Å². The van der Waals surface area contributed by atoms with Crippen LogP contribution in [0.3, 0.4) is 0 Å². The summed E-state index contributed by atoms with van der Waals surface area (Å²) in [5.41, 5.74) is 4.35. The molecule has 31 heavy (non-hydrogen) atoms. The first-order valence-electron chi connectivity index (χ1n) is 10.0. The number of nitrogens with one attached hydrogen (secondary N) is 2. The number of fused-ring (bicyclic) bond motifs is 1. The lowest BCUT2D eigenvalue weighted by molar-refractivity contribution is 0.102. The Bertz CT molecular complexity index is 1230. The minimum atomic E-state index is -0.239. The zero-order chi connectivity index (χ0) is 21.2. The van der Waals surface area contributed by atoms with E-state index in [1.807, 2.05) is 48.5 Å². The zero-order valence-electron chi connectivity index (χ0n) is 17.0. The van der Waals surface area contributed by atoms with Gasteiger partial charge in [-0.25, -0.2) is 0 Å². The molecule has 4 aromatic rings. The average Bonchev–Trinajstić information content (AvgIpc) is 3.39. The molecule has 2 N–H and O–H groups in total. The SMILES string of the molecule is Cn1cc(C(=O)Nc2cccc(-c3ccn[nH]3)c2)c(-c2ccc3c(c2)OCCCO3)n1. The number of anilines is 1. The normalized spacial score (nSPS) is 12.9. The number of ether oxygens (including phenoxy) is 2. The first-order valence-corrected chi connectivity index (χ1v) is 10.0. The summed E-state index contributed by atoms with van der Waals surface area (Å²) in [4.78, 5) is 13.1. The van der Waals surface area contributed by atoms with E-state index in [-0.39, 0.29) is 5.91 Å². The Hall–Kier alpha value is -4.07. The van der Waals surface area contributed by atoms with Crippen molar-refractivity contribution in [1.82, 2.24) is 20.0 Å². The Morgan fingerprint density at radius 2 is 1.94 bits per heavy atom. The summed E-state index contributed by atoms with van der Waals surface area (Å²) in [6.07, 6.45) is 4.24. The van der Waals surface area contributed by atoms with E-state index in [2.05, 4.69) is 20.6 Å². The number of hydrogen-bond acceptors (Lipinski definition) is 5. The summed E-state index contributed by atoms with van der Waals surface area (Å²) in [5.74, 6) is 1.13. The molecule has 0 fully saturated rings. The van der Waals surface area contributed by atoms with E-state index in [1.165, 1.54) is 0 Å². The van der Waals surface area contributed by atoms with Gasteiger partial charge < -0.3 is 14.8 Å². The number of nitrogens with zero attached hydrogens (tertiary/aromatic N) is 3. The fraction of sp³-hybridized carbons (Fsp3) is 0.174. The van der Waals surface area contributed by atoms with Gasteiger partial charge in [0.25, 0.3) is 5.91 Å². The van der Waals surface area contributed by atoms with E-state index in [1.54, 1.807) is 24.1 Å². The molecule has 1 amide bonds. The number of carbonyl (C=O) groups excluding carboxylic acids is 1. The predicted octanol–water partition coefficient (Wildman–Crippen LogP) is 3.89. The average molecular weight is 415 g/mol. The topological polar surface area (TPSA) is 94.1 Å². The standard InChI is InChI=1S/C23H21N5O3/c1-28-14-18(22(27-28)16-6-7-20-21(13-16)31-11-3-10-30-20)23(29)25-17-5-2-4-15(12-17)19-8-9-24-26-19/h2,4-9,12-14H,3,10-11H2,1H3,(H,24,26)(H,25,29). The smallest absolute Gasteiger partial charge is 0.259 e. The molecule has 0 saturated heterocycles. The van der Waals surface area contributed by atoms with Gasteiger partial charge in [-0.2, -0.15) is 10.2 Å². The van der Waals surface area contributed by atoms with Gasteiger partial charge in [0.2, 0.25) is 0 Å². The Labute approximate surface area is 178 Å². The van der Waals surface area contributed by atoms with Crippen LogP contribution in [-0.4, -0.2) is 39.1 Å². The molecule has 5 rings (SSSR count). The fourth-order valence-corrected chi connectivity index (χ4v) is 3.56. The van der Waals surface area contributed by atoms with Gasteiger partial charge in [0.15, 0.2) is 11.5 Å². The van der Waals surface area contributed by atoms with Crippen LogP contribution < -0.4 is 14.8 Å². The van der Waals surface area contributed by atoms with Crippen LogP contribution in [0.25, 0.3) is 22.5 Å². The molecular formula is C23H21N5O3. The van der Waals surface area contributed by atoms with Gasteiger partial charge in [-0.3, -0.25) is 14.6 Å². The molecule has 1 aliphatic rings. The molecule has 0 saturated carbocycles. The highest BCUT2D eigenvalue weighted by atomic mass is 16.5. The molecule has 2 aromatic heterocycles. The molecule has 0 atom stereocenters. The second kappa shape index (κ2) is 7.98. The van der Waals surface area contributed by atoms with E-state index in [4.69, 9.17) is 9.47 Å². The molecule has 1 aliphatic heterocycles. The minimum Gasteiger partial charge on any atom is -0.490 e. The number of aromatic amines is 1. The summed E-state index contributed by atoms with van der Waals surface area (Å²) < 4.78 is 13.1. The molecular weight excluding hydrogens is 394 g/mol. The summed E-state index contributed by atoms with van der Waals surface area (Å²) in [6.45, 7) is 1.22. The molecule has 0 aliphatic carbocycles. The van der Waals surface area contributed by atoms with Crippen LogP contribution in [0.5, 0.6) is 11.5 Å². The van der Waals surface area contributed by atoms with Crippen LogP contribution in [0.2, 0.25) is 0 Å². The fourth-order valence-electron chi connectivity index (χ4n) is 3.56. The number of aromatic nitrogens is 4.